The molecule has 0 radical (unpaired) electrons. The van der Waals surface area contributed by atoms with Gasteiger partial charge in [0.05, 0.1) is 5.92 Å². The molecular weight excluding hydrogens is 448 g/mol. The molecule has 1 aromatic carbocycles. The number of fused-ring (bicyclic) bond motifs is 1. The van der Waals surface area contributed by atoms with Crippen molar-refractivity contribution in [1.82, 2.24) is 4.90 Å². The number of alkyl halides is 6. The van der Waals surface area contributed by atoms with Gasteiger partial charge in [0, 0.05) is 17.7 Å². The van der Waals surface area contributed by atoms with E-state index in [1.165, 1.54) is 11.0 Å². The van der Waals surface area contributed by atoms with Crippen LogP contribution >= 0.6 is 0 Å². The number of benzene rings is 1. The van der Waals surface area contributed by atoms with Crippen molar-refractivity contribution in [1.29, 1.82) is 0 Å². The molecule has 1 saturated heterocycles. The summed E-state index contributed by atoms with van der Waals surface area (Å²) in [4.78, 5) is 14.9. The van der Waals surface area contributed by atoms with Gasteiger partial charge >= 0.3 is 12.4 Å². The first-order chi connectivity index (χ1) is 15.3. The molecule has 1 aliphatic heterocycles. The largest absolute Gasteiger partial charge is 0.427 e. The Morgan fingerprint density at radius 3 is 2.24 bits per heavy atom. The van der Waals surface area contributed by atoms with Crippen molar-refractivity contribution < 1.29 is 36.2 Å². The number of carbonyl (C=O) groups excluding carboxylic acids is 1. The van der Waals surface area contributed by atoms with Crippen molar-refractivity contribution in [2.24, 2.45) is 5.41 Å². The minimum atomic E-state index is -5.93. The Morgan fingerprint density at radius 2 is 1.70 bits per heavy atom. The topological polar surface area (TPSA) is 40.5 Å². The average molecular weight is 475 g/mol. The van der Waals surface area contributed by atoms with Gasteiger partial charge in [0.2, 0.25) is 5.91 Å². The van der Waals surface area contributed by atoms with Gasteiger partial charge in [-0.15, -0.1) is 0 Å². The number of allylic oxidation sites excluding steroid dienone is 2. The number of hydrogen-bond acceptors (Lipinski definition) is 2. The summed E-state index contributed by atoms with van der Waals surface area (Å²) in [5.74, 6) is -0.727. The van der Waals surface area contributed by atoms with Gasteiger partial charge in [-0.3, -0.25) is 4.79 Å². The second kappa shape index (κ2) is 8.81. The maximum atomic E-state index is 13.6. The van der Waals surface area contributed by atoms with E-state index in [1.807, 2.05) is 25.1 Å². The minimum Gasteiger partial charge on any atom is -0.373 e. The third-order valence-corrected chi connectivity index (χ3v) is 6.73. The molecule has 0 aromatic heterocycles. The zero-order chi connectivity index (χ0) is 24.7. The van der Waals surface area contributed by atoms with Gasteiger partial charge in [-0.2, -0.15) is 26.3 Å². The van der Waals surface area contributed by atoms with Gasteiger partial charge in [-0.05, 0) is 43.2 Å². The Kier molecular flexibility index (Phi) is 6.77. The standard InChI is InChI=1S/C24H27F6NO2/c1-3-18(16-9-5-4-6-10-16)20(32)31-14-8-7-11-17-15-21(2,13-12-19(17)31)22(33,23(25,26)27)24(28,29)30/h4-6,9-10,12,15,18,33H,3,7-8,11,13-14H2,1-2H3/t18-,21+/m0/s1. The highest BCUT2D eigenvalue weighted by molar-refractivity contribution is 5.86. The van der Waals surface area contributed by atoms with Gasteiger partial charge in [0.25, 0.3) is 5.60 Å². The Hall–Kier alpha value is -2.29. The van der Waals surface area contributed by atoms with Gasteiger partial charge in [-0.1, -0.05) is 56.3 Å². The van der Waals surface area contributed by atoms with Crippen molar-refractivity contribution in [3.63, 3.8) is 0 Å². The summed E-state index contributed by atoms with van der Waals surface area (Å²) < 4.78 is 81.6. The molecule has 3 nitrogen and oxygen atoms in total. The van der Waals surface area contributed by atoms with Crippen LogP contribution in [-0.2, 0) is 4.79 Å². The van der Waals surface area contributed by atoms with Crippen LogP contribution in [0, 0.1) is 5.41 Å². The number of hydrogen-bond donors (Lipinski definition) is 1. The molecule has 1 aliphatic carbocycles. The van der Waals surface area contributed by atoms with E-state index >= 15 is 0 Å². The van der Waals surface area contributed by atoms with Crippen LogP contribution in [0.15, 0.2) is 53.8 Å². The highest BCUT2D eigenvalue weighted by Gasteiger charge is 2.77. The molecule has 182 valence electrons. The smallest absolute Gasteiger partial charge is 0.373 e. The van der Waals surface area contributed by atoms with E-state index in [1.54, 1.807) is 12.1 Å². The highest BCUT2D eigenvalue weighted by Crippen LogP contribution is 2.57. The maximum absolute atomic E-state index is 13.6. The first-order valence-corrected chi connectivity index (χ1v) is 10.9. The number of halogens is 6. The van der Waals surface area contributed by atoms with Crippen molar-refractivity contribution >= 4 is 5.91 Å². The molecule has 1 N–H and O–H groups in total. The van der Waals surface area contributed by atoms with Crippen LogP contribution in [0.3, 0.4) is 0 Å². The zero-order valence-corrected chi connectivity index (χ0v) is 18.4. The van der Waals surface area contributed by atoms with Crippen molar-refractivity contribution in [3.05, 3.63) is 59.3 Å². The summed E-state index contributed by atoms with van der Waals surface area (Å²) in [6, 6.07) is 9.07. The van der Waals surface area contributed by atoms with Crippen molar-refractivity contribution in [2.75, 3.05) is 6.54 Å². The molecule has 1 aromatic rings. The molecular formula is C24H27F6NO2. The molecule has 1 heterocycles. The van der Waals surface area contributed by atoms with E-state index in [-0.39, 0.29) is 17.9 Å². The molecule has 0 spiro atoms. The van der Waals surface area contributed by atoms with Crippen LogP contribution in [0.5, 0.6) is 0 Å². The van der Waals surface area contributed by atoms with E-state index in [9.17, 15) is 36.2 Å². The predicted molar refractivity (Wildman–Crippen MR) is 111 cm³/mol. The van der Waals surface area contributed by atoms with Gasteiger partial charge < -0.3 is 10.0 Å². The molecule has 9 heteroatoms. The quantitative estimate of drug-likeness (QED) is 0.522. The molecule has 1 amide bonds. The fourth-order valence-electron chi connectivity index (χ4n) is 4.86. The number of likely N-dealkylation sites (tertiary alicyclic amines) is 1. The lowest BCUT2D eigenvalue weighted by Crippen LogP contribution is -2.66. The van der Waals surface area contributed by atoms with Crippen molar-refractivity contribution in [2.45, 2.75) is 69.8 Å². The lowest BCUT2D eigenvalue weighted by molar-refractivity contribution is -0.395. The molecule has 0 bridgehead atoms. The molecule has 33 heavy (non-hydrogen) atoms. The monoisotopic (exact) mass is 475 g/mol. The first kappa shape index (κ1) is 25.3. The molecule has 2 atom stereocenters. The molecule has 3 rings (SSSR count). The summed E-state index contributed by atoms with van der Waals surface area (Å²) in [6.07, 6.45) is -8.66. The molecule has 2 aliphatic rings. The number of aliphatic hydroxyl groups is 1. The van der Waals surface area contributed by atoms with E-state index in [2.05, 4.69) is 0 Å². The Balaban J connectivity index is 2.02. The van der Waals surface area contributed by atoms with E-state index in [0.717, 1.165) is 18.6 Å². The number of nitrogens with zero attached hydrogens (tertiary/aromatic N) is 1. The predicted octanol–water partition coefficient (Wildman–Crippen LogP) is 6.27. The molecule has 1 fully saturated rings. The van der Waals surface area contributed by atoms with Gasteiger partial charge in [0.15, 0.2) is 0 Å². The average Bonchev–Trinajstić information content (AvgIpc) is 2.94. The first-order valence-electron chi connectivity index (χ1n) is 10.9. The van der Waals surface area contributed by atoms with Crippen LogP contribution in [0.1, 0.15) is 57.4 Å². The van der Waals surface area contributed by atoms with E-state index < -0.39 is 35.7 Å². The highest BCUT2D eigenvalue weighted by atomic mass is 19.4. The lowest BCUT2D eigenvalue weighted by atomic mass is 9.66. The van der Waals surface area contributed by atoms with E-state index in [0.29, 0.717) is 31.5 Å². The number of amides is 1. The molecule has 0 saturated carbocycles. The lowest BCUT2D eigenvalue weighted by Gasteiger charge is -2.46. The van der Waals surface area contributed by atoms with Gasteiger partial charge in [-0.25, -0.2) is 0 Å². The summed E-state index contributed by atoms with van der Waals surface area (Å²) in [5, 5.41) is 10.1. The summed E-state index contributed by atoms with van der Waals surface area (Å²) >= 11 is 0. The molecule has 0 unspecified atom stereocenters. The van der Waals surface area contributed by atoms with E-state index in [4.69, 9.17) is 0 Å². The number of carbonyl (C=O) groups is 1. The summed E-state index contributed by atoms with van der Waals surface area (Å²) in [7, 11) is 0. The Morgan fingerprint density at radius 1 is 1.09 bits per heavy atom. The second-order valence-electron chi connectivity index (χ2n) is 8.90. The normalized spacial score (nSPS) is 23.2. The van der Waals surface area contributed by atoms with Crippen LogP contribution in [-0.4, -0.2) is 40.4 Å². The fourth-order valence-corrected chi connectivity index (χ4v) is 4.86. The SMILES string of the molecule is CC[C@H](C(=O)N1CCCCC2=C[C@](C)(C(O)(C(F)(F)F)C(F)(F)F)CC=C21)c1ccccc1. The second-order valence-corrected chi connectivity index (χ2v) is 8.90. The summed E-state index contributed by atoms with van der Waals surface area (Å²) in [5.41, 5.74) is -6.21. The van der Waals surface area contributed by atoms with Crippen LogP contribution in [0.2, 0.25) is 0 Å². The maximum Gasteiger partial charge on any atom is 0.427 e. The Labute approximate surface area is 188 Å². The van der Waals surface area contributed by atoms with Crippen LogP contribution in [0.4, 0.5) is 26.3 Å². The third-order valence-electron chi connectivity index (χ3n) is 6.73. The van der Waals surface area contributed by atoms with Crippen LogP contribution in [0.25, 0.3) is 0 Å². The summed E-state index contributed by atoms with van der Waals surface area (Å²) in [6.45, 7) is 2.94. The van der Waals surface area contributed by atoms with Gasteiger partial charge in [0.1, 0.15) is 0 Å². The Bertz CT molecular complexity index is 921. The minimum absolute atomic E-state index is 0.221. The van der Waals surface area contributed by atoms with Crippen molar-refractivity contribution in [3.8, 4) is 0 Å². The van der Waals surface area contributed by atoms with Crippen LogP contribution < -0.4 is 0 Å². The number of rotatable bonds is 4. The fraction of sp³-hybridized carbons (Fsp3) is 0.542. The third kappa shape index (κ3) is 4.32. The zero-order valence-electron chi connectivity index (χ0n) is 18.4.